The summed E-state index contributed by atoms with van der Waals surface area (Å²) in [5.74, 6) is 0.586. The molecule has 2 saturated carbocycles. The fraction of sp³-hybridized carbons (Fsp3) is 0.889. The Balaban J connectivity index is 0.000000224. The lowest BCUT2D eigenvalue weighted by molar-refractivity contribution is -0.127. The molecule has 0 aliphatic heterocycles. The summed E-state index contributed by atoms with van der Waals surface area (Å²) in [6.07, 6.45) is 10.3. The predicted octanol–water partition coefficient (Wildman–Crippen LogP) is 3.85. The molecule has 0 heterocycles. The van der Waals surface area contributed by atoms with Crippen LogP contribution in [0.15, 0.2) is 0 Å². The van der Waals surface area contributed by atoms with E-state index in [0.717, 1.165) is 45.3 Å². The van der Waals surface area contributed by atoms with Gasteiger partial charge in [-0.2, -0.15) is 0 Å². The van der Waals surface area contributed by atoms with Gasteiger partial charge in [-0.3, -0.25) is 9.59 Å². The zero-order valence-corrected chi connectivity index (χ0v) is 14.3. The molecule has 0 N–H and O–H groups in total. The van der Waals surface area contributed by atoms with Gasteiger partial charge in [0.05, 0.1) is 0 Å². The number of hydrogen-bond acceptors (Lipinski definition) is 4. The molecule has 4 heteroatoms. The predicted molar refractivity (Wildman–Crippen MR) is 87.0 cm³/mol. The van der Waals surface area contributed by atoms with Crippen molar-refractivity contribution in [3.05, 3.63) is 0 Å². The molecule has 2 rings (SSSR count). The fourth-order valence-corrected chi connectivity index (χ4v) is 2.39. The van der Waals surface area contributed by atoms with Crippen LogP contribution in [0.1, 0.15) is 78.1 Å². The molecule has 0 spiro atoms. The topological polar surface area (TPSA) is 52.6 Å². The molecular weight excluding hydrogens is 280 g/mol. The Morgan fingerprint density at radius 1 is 0.864 bits per heavy atom. The van der Waals surface area contributed by atoms with Crippen LogP contribution in [-0.2, 0) is 19.1 Å². The standard InChI is InChI=1S/C10H18O2.C8H14O2/c1-2-3-4-8-12-10-7-5-6-9(10)11;1-2-3-4-5-10-8-6-7(8)9/h10H,2-8H2,1H3;8H,2-6H2,1H3. The molecule has 2 atom stereocenters. The average molecular weight is 312 g/mol. The SMILES string of the molecule is CCCCCOC1CC1=O.CCCCCOC1CCCC1=O. The van der Waals surface area contributed by atoms with Crippen LogP contribution in [0.2, 0.25) is 0 Å². The van der Waals surface area contributed by atoms with Crippen LogP contribution in [0.3, 0.4) is 0 Å². The molecule has 0 radical (unpaired) electrons. The summed E-state index contributed by atoms with van der Waals surface area (Å²) in [5.41, 5.74) is 0. The summed E-state index contributed by atoms with van der Waals surface area (Å²) in [4.78, 5) is 21.5. The van der Waals surface area contributed by atoms with E-state index in [1.54, 1.807) is 0 Å². The minimum absolute atomic E-state index is 0.0168. The van der Waals surface area contributed by atoms with Gasteiger partial charge in [-0.1, -0.05) is 39.5 Å². The number of Topliss-reactive ketones (excluding diaryl/α,β-unsaturated/α-hetero) is 2. The minimum Gasteiger partial charge on any atom is -0.370 e. The van der Waals surface area contributed by atoms with E-state index in [2.05, 4.69) is 13.8 Å². The minimum atomic E-state index is -0.0538. The van der Waals surface area contributed by atoms with E-state index in [4.69, 9.17) is 9.47 Å². The van der Waals surface area contributed by atoms with Crippen LogP contribution in [0.5, 0.6) is 0 Å². The van der Waals surface area contributed by atoms with Crippen molar-refractivity contribution in [3.63, 3.8) is 0 Å². The number of carbonyl (C=O) groups is 2. The van der Waals surface area contributed by atoms with Gasteiger partial charge in [0.25, 0.3) is 0 Å². The molecule has 0 bridgehead atoms. The zero-order chi connectivity index (χ0) is 16.2. The van der Waals surface area contributed by atoms with E-state index in [0.29, 0.717) is 12.2 Å². The maximum atomic E-state index is 11.1. The summed E-state index contributed by atoms with van der Waals surface area (Å²) in [7, 11) is 0. The lowest BCUT2D eigenvalue weighted by Gasteiger charge is -2.08. The highest BCUT2D eigenvalue weighted by Crippen LogP contribution is 2.18. The molecule has 2 aliphatic rings. The van der Waals surface area contributed by atoms with Crippen molar-refractivity contribution in [3.8, 4) is 0 Å². The molecule has 0 aromatic rings. The number of unbranched alkanes of at least 4 members (excludes halogenated alkanes) is 4. The van der Waals surface area contributed by atoms with Gasteiger partial charge in [0, 0.05) is 26.1 Å². The van der Waals surface area contributed by atoms with E-state index in [-0.39, 0.29) is 18.0 Å². The molecule has 2 aliphatic carbocycles. The number of carbonyl (C=O) groups excluding carboxylic acids is 2. The van der Waals surface area contributed by atoms with Crippen molar-refractivity contribution >= 4 is 11.6 Å². The Morgan fingerprint density at radius 3 is 1.82 bits per heavy atom. The number of ketones is 2. The van der Waals surface area contributed by atoms with Crippen LogP contribution < -0.4 is 0 Å². The van der Waals surface area contributed by atoms with Crippen molar-refractivity contribution in [2.75, 3.05) is 13.2 Å². The summed E-state index contributed by atoms with van der Waals surface area (Å²) < 4.78 is 10.7. The maximum Gasteiger partial charge on any atom is 0.165 e. The molecule has 0 saturated heterocycles. The molecule has 2 unspecified atom stereocenters. The van der Waals surface area contributed by atoms with Crippen molar-refractivity contribution in [1.82, 2.24) is 0 Å². The number of hydrogen-bond donors (Lipinski definition) is 0. The molecule has 128 valence electrons. The Hall–Kier alpha value is -0.740. The lowest BCUT2D eigenvalue weighted by Crippen LogP contribution is -2.18. The van der Waals surface area contributed by atoms with Gasteiger partial charge in [-0.05, 0) is 25.7 Å². The van der Waals surface area contributed by atoms with Gasteiger partial charge in [-0.25, -0.2) is 0 Å². The summed E-state index contributed by atoms with van der Waals surface area (Å²) in [6, 6.07) is 0. The van der Waals surface area contributed by atoms with Gasteiger partial charge >= 0.3 is 0 Å². The van der Waals surface area contributed by atoms with E-state index in [1.807, 2.05) is 0 Å². The van der Waals surface area contributed by atoms with Crippen molar-refractivity contribution < 1.29 is 19.1 Å². The van der Waals surface area contributed by atoms with Gasteiger partial charge < -0.3 is 9.47 Å². The molecule has 4 nitrogen and oxygen atoms in total. The molecule has 0 aromatic carbocycles. The summed E-state index contributed by atoms with van der Waals surface area (Å²) in [5, 5.41) is 0. The molecule has 22 heavy (non-hydrogen) atoms. The zero-order valence-electron chi connectivity index (χ0n) is 14.3. The van der Waals surface area contributed by atoms with Gasteiger partial charge in [0.1, 0.15) is 12.2 Å². The second-order valence-electron chi connectivity index (χ2n) is 6.16. The normalized spacial score (nSPS) is 23.4. The second-order valence-corrected chi connectivity index (χ2v) is 6.16. The Kier molecular flexibility index (Phi) is 10.3. The number of ether oxygens (including phenoxy) is 2. The van der Waals surface area contributed by atoms with E-state index < -0.39 is 0 Å². The molecular formula is C18H32O4. The first-order chi connectivity index (χ1) is 10.7. The van der Waals surface area contributed by atoms with E-state index in [9.17, 15) is 9.59 Å². The van der Waals surface area contributed by atoms with Gasteiger partial charge in [0.2, 0.25) is 0 Å². The third-order valence-electron chi connectivity index (χ3n) is 3.97. The molecule has 2 fully saturated rings. The highest BCUT2D eigenvalue weighted by molar-refractivity contribution is 5.98. The first-order valence-electron chi connectivity index (χ1n) is 8.97. The van der Waals surface area contributed by atoms with Crippen molar-refractivity contribution in [1.29, 1.82) is 0 Å². The molecule has 0 amide bonds. The Bertz CT molecular complexity index is 327. The number of rotatable bonds is 10. The third-order valence-corrected chi connectivity index (χ3v) is 3.97. The maximum absolute atomic E-state index is 11.1. The first kappa shape index (κ1) is 19.3. The Morgan fingerprint density at radius 2 is 1.41 bits per heavy atom. The third kappa shape index (κ3) is 8.64. The summed E-state index contributed by atoms with van der Waals surface area (Å²) in [6.45, 7) is 5.86. The van der Waals surface area contributed by atoms with Crippen molar-refractivity contribution in [2.45, 2.75) is 90.3 Å². The lowest BCUT2D eigenvalue weighted by atomic mass is 10.2. The van der Waals surface area contributed by atoms with Crippen LogP contribution in [0, 0.1) is 0 Å². The average Bonchev–Trinajstić information content (AvgIpc) is 3.06. The Labute approximate surface area is 134 Å². The van der Waals surface area contributed by atoms with Crippen LogP contribution in [0.4, 0.5) is 0 Å². The van der Waals surface area contributed by atoms with Crippen LogP contribution in [0.25, 0.3) is 0 Å². The molecule has 0 aromatic heterocycles. The first-order valence-corrected chi connectivity index (χ1v) is 8.97. The monoisotopic (exact) mass is 312 g/mol. The highest BCUT2D eigenvalue weighted by Gasteiger charge is 2.35. The van der Waals surface area contributed by atoms with Crippen LogP contribution >= 0.6 is 0 Å². The van der Waals surface area contributed by atoms with Crippen LogP contribution in [-0.4, -0.2) is 37.0 Å². The largest absolute Gasteiger partial charge is 0.370 e. The quantitative estimate of drug-likeness (QED) is 0.575. The smallest absolute Gasteiger partial charge is 0.165 e. The van der Waals surface area contributed by atoms with Gasteiger partial charge in [0.15, 0.2) is 11.6 Å². The van der Waals surface area contributed by atoms with E-state index >= 15 is 0 Å². The van der Waals surface area contributed by atoms with E-state index in [1.165, 1.54) is 25.7 Å². The van der Waals surface area contributed by atoms with Crippen molar-refractivity contribution in [2.24, 2.45) is 0 Å². The fourth-order valence-electron chi connectivity index (χ4n) is 2.39. The van der Waals surface area contributed by atoms with Gasteiger partial charge in [-0.15, -0.1) is 0 Å². The highest BCUT2D eigenvalue weighted by atomic mass is 16.5. The second kappa shape index (κ2) is 11.8. The summed E-state index contributed by atoms with van der Waals surface area (Å²) >= 11 is 0.